The second-order valence-electron chi connectivity index (χ2n) is 3.22. The Balaban J connectivity index is 3.07. The molecule has 0 aromatic heterocycles. The van der Waals surface area contributed by atoms with E-state index in [4.69, 9.17) is 16.6 Å². The number of hydrogen-bond acceptors (Lipinski definition) is 3. The molecule has 76 valence electrons. The summed E-state index contributed by atoms with van der Waals surface area (Å²) in [4.78, 5) is 10.6. The van der Waals surface area contributed by atoms with Crippen LogP contribution in [0.5, 0.6) is 0 Å². The molecule has 0 fully saturated rings. The van der Waals surface area contributed by atoms with Crippen LogP contribution in [0.25, 0.3) is 0 Å². The highest BCUT2D eigenvalue weighted by molar-refractivity contribution is 5.87. The average Bonchev–Trinajstić information content (AvgIpc) is 2.16. The number of rotatable bonds is 3. The normalized spacial score (nSPS) is 12.5. The molecule has 4 nitrogen and oxygen atoms in total. The van der Waals surface area contributed by atoms with Gasteiger partial charge in [-0.3, -0.25) is 0 Å². The van der Waals surface area contributed by atoms with Crippen LogP contribution in [0.4, 0.5) is 0 Å². The molecule has 1 unspecified atom stereocenters. The zero-order valence-corrected chi connectivity index (χ0v) is 8.03. The lowest BCUT2D eigenvalue weighted by molar-refractivity contribution is 0.0697. The van der Waals surface area contributed by atoms with Gasteiger partial charge < -0.3 is 16.6 Å². The first-order valence-electron chi connectivity index (χ1n) is 4.35. The summed E-state index contributed by atoms with van der Waals surface area (Å²) >= 11 is 0. The molecule has 0 aliphatic rings. The van der Waals surface area contributed by atoms with Gasteiger partial charge in [-0.25, -0.2) is 4.79 Å². The highest BCUT2D eigenvalue weighted by Crippen LogP contribution is 2.16. The SMILES string of the molecule is Cc1cc(C(=O)O)ccc1C(N)CN. The molecule has 0 aliphatic carbocycles. The smallest absolute Gasteiger partial charge is 0.335 e. The summed E-state index contributed by atoms with van der Waals surface area (Å²) in [5, 5.41) is 8.74. The Bertz CT molecular complexity index is 350. The van der Waals surface area contributed by atoms with E-state index < -0.39 is 5.97 Å². The molecule has 1 rings (SSSR count). The van der Waals surface area contributed by atoms with Gasteiger partial charge in [0.1, 0.15) is 0 Å². The minimum Gasteiger partial charge on any atom is -0.478 e. The molecule has 0 saturated heterocycles. The molecule has 5 N–H and O–H groups in total. The van der Waals surface area contributed by atoms with Crippen molar-refractivity contribution in [1.82, 2.24) is 0 Å². The van der Waals surface area contributed by atoms with Crippen LogP contribution >= 0.6 is 0 Å². The van der Waals surface area contributed by atoms with Crippen LogP contribution in [0.1, 0.15) is 27.5 Å². The maximum atomic E-state index is 10.6. The van der Waals surface area contributed by atoms with Crippen molar-refractivity contribution in [2.75, 3.05) is 6.54 Å². The van der Waals surface area contributed by atoms with E-state index in [0.29, 0.717) is 6.54 Å². The first-order valence-corrected chi connectivity index (χ1v) is 4.35. The highest BCUT2D eigenvalue weighted by atomic mass is 16.4. The standard InChI is InChI=1S/C10H14N2O2/c1-6-4-7(10(13)14)2-3-8(6)9(12)5-11/h2-4,9H,5,11-12H2,1H3,(H,13,14). The van der Waals surface area contributed by atoms with Crippen molar-refractivity contribution in [1.29, 1.82) is 0 Å². The van der Waals surface area contributed by atoms with Crippen molar-refractivity contribution in [3.8, 4) is 0 Å². The molecule has 0 spiro atoms. The fourth-order valence-corrected chi connectivity index (χ4v) is 1.35. The highest BCUT2D eigenvalue weighted by Gasteiger charge is 2.09. The Hall–Kier alpha value is -1.39. The minimum atomic E-state index is -0.930. The summed E-state index contributed by atoms with van der Waals surface area (Å²) in [5.74, 6) is -0.930. The van der Waals surface area contributed by atoms with Gasteiger partial charge in [0.15, 0.2) is 0 Å². The molecular formula is C10H14N2O2. The van der Waals surface area contributed by atoms with Gasteiger partial charge >= 0.3 is 5.97 Å². The third-order valence-electron chi connectivity index (χ3n) is 2.17. The molecule has 1 aromatic carbocycles. The van der Waals surface area contributed by atoms with Crippen LogP contribution in [0.3, 0.4) is 0 Å². The van der Waals surface area contributed by atoms with Crippen LogP contribution in [0.2, 0.25) is 0 Å². The number of aromatic carboxylic acids is 1. The second kappa shape index (κ2) is 4.21. The lowest BCUT2D eigenvalue weighted by Crippen LogP contribution is -2.21. The van der Waals surface area contributed by atoms with Crippen LogP contribution in [0.15, 0.2) is 18.2 Å². The van der Waals surface area contributed by atoms with Gasteiger partial charge in [0.2, 0.25) is 0 Å². The van der Waals surface area contributed by atoms with Gasteiger partial charge in [0, 0.05) is 12.6 Å². The van der Waals surface area contributed by atoms with Crippen molar-refractivity contribution in [2.24, 2.45) is 11.5 Å². The van der Waals surface area contributed by atoms with Crippen molar-refractivity contribution in [3.63, 3.8) is 0 Å². The van der Waals surface area contributed by atoms with Gasteiger partial charge in [-0.2, -0.15) is 0 Å². The summed E-state index contributed by atoms with van der Waals surface area (Å²) in [7, 11) is 0. The van der Waals surface area contributed by atoms with Gasteiger partial charge in [0.05, 0.1) is 5.56 Å². The van der Waals surface area contributed by atoms with Crippen LogP contribution < -0.4 is 11.5 Å². The largest absolute Gasteiger partial charge is 0.478 e. The molecule has 0 amide bonds. The molecule has 0 saturated carbocycles. The van der Waals surface area contributed by atoms with Gasteiger partial charge in [-0.1, -0.05) is 6.07 Å². The molecular weight excluding hydrogens is 180 g/mol. The van der Waals surface area contributed by atoms with E-state index in [1.54, 1.807) is 18.2 Å². The predicted molar refractivity (Wildman–Crippen MR) is 54.1 cm³/mol. The van der Waals surface area contributed by atoms with E-state index in [9.17, 15) is 4.79 Å². The van der Waals surface area contributed by atoms with Crippen LogP contribution in [-0.2, 0) is 0 Å². The predicted octanol–water partition coefficient (Wildman–Crippen LogP) is 0.652. The number of carbonyl (C=O) groups is 1. The quantitative estimate of drug-likeness (QED) is 0.659. The maximum absolute atomic E-state index is 10.6. The van der Waals surface area contributed by atoms with Gasteiger partial charge in [0.25, 0.3) is 0 Å². The molecule has 0 aliphatic heterocycles. The average molecular weight is 194 g/mol. The Labute approximate surface area is 82.5 Å². The van der Waals surface area contributed by atoms with Crippen molar-refractivity contribution >= 4 is 5.97 Å². The Kier molecular flexibility index (Phi) is 3.22. The van der Waals surface area contributed by atoms with Crippen LogP contribution in [-0.4, -0.2) is 17.6 Å². The number of carboxylic acid groups (broad SMARTS) is 1. The summed E-state index contributed by atoms with van der Waals surface area (Å²) in [6.07, 6.45) is 0. The minimum absolute atomic E-state index is 0.224. The van der Waals surface area contributed by atoms with Crippen LogP contribution in [0, 0.1) is 6.92 Å². The number of benzene rings is 1. The Morgan fingerprint density at radius 3 is 2.64 bits per heavy atom. The van der Waals surface area contributed by atoms with Gasteiger partial charge in [-0.15, -0.1) is 0 Å². The lowest BCUT2D eigenvalue weighted by atomic mass is 9.99. The fourth-order valence-electron chi connectivity index (χ4n) is 1.35. The second-order valence-corrected chi connectivity index (χ2v) is 3.22. The number of carboxylic acids is 1. The molecule has 14 heavy (non-hydrogen) atoms. The molecule has 0 radical (unpaired) electrons. The van der Waals surface area contributed by atoms with Crippen molar-refractivity contribution in [2.45, 2.75) is 13.0 Å². The topological polar surface area (TPSA) is 89.3 Å². The van der Waals surface area contributed by atoms with Crippen molar-refractivity contribution < 1.29 is 9.90 Å². The monoisotopic (exact) mass is 194 g/mol. The number of aryl methyl sites for hydroxylation is 1. The van der Waals surface area contributed by atoms with E-state index >= 15 is 0 Å². The van der Waals surface area contributed by atoms with E-state index in [1.807, 2.05) is 6.92 Å². The summed E-state index contributed by atoms with van der Waals surface area (Å²) in [5.41, 5.74) is 13.2. The molecule has 0 bridgehead atoms. The Morgan fingerprint density at radius 2 is 2.21 bits per heavy atom. The summed E-state index contributed by atoms with van der Waals surface area (Å²) in [6, 6.07) is 4.64. The number of hydrogen-bond donors (Lipinski definition) is 3. The molecule has 1 atom stereocenters. The van der Waals surface area contributed by atoms with Crippen molar-refractivity contribution in [3.05, 3.63) is 34.9 Å². The summed E-state index contributed by atoms with van der Waals surface area (Å²) < 4.78 is 0. The third kappa shape index (κ3) is 2.10. The first kappa shape index (κ1) is 10.7. The Morgan fingerprint density at radius 1 is 1.57 bits per heavy atom. The summed E-state index contributed by atoms with van der Waals surface area (Å²) in [6.45, 7) is 2.19. The molecule has 4 heteroatoms. The molecule has 1 aromatic rings. The van der Waals surface area contributed by atoms with E-state index in [2.05, 4.69) is 0 Å². The molecule has 0 heterocycles. The zero-order valence-electron chi connectivity index (χ0n) is 8.03. The van der Waals surface area contributed by atoms with Gasteiger partial charge in [-0.05, 0) is 30.2 Å². The first-order chi connectivity index (χ1) is 6.56. The number of nitrogens with two attached hydrogens (primary N) is 2. The van der Waals surface area contributed by atoms with E-state index in [0.717, 1.165) is 11.1 Å². The van der Waals surface area contributed by atoms with E-state index in [-0.39, 0.29) is 11.6 Å². The zero-order chi connectivity index (χ0) is 10.7. The van der Waals surface area contributed by atoms with E-state index in [1.165, 1.54) is 0 Å². The lowest BCUT2D eigenvalue weighted by Gasteiger charge is -2.12. The maximum Gasteiger partial charge on any atom is 0.335 e. The third-order valence-corrected chi connectivity index (χ3v) is 2.17. The fraction of sp³-hybridized carbons (Fsp3) is 0.300.